The number of hydrogen-bond acceptors (Lipinski definition) is 4. The fraction of sp³-hybridized carbons (Fsp3) is 0.316. The van der Waals surface area contributed by atoms with Gasteiger partial charge >= 0.3 is 0 Å². The van der Waals surface area contributed by atoms with Gasteiger partial charge < -0.3 is 19.9 Å². The van der Waals surface area contributed by atoms with E-state index in [1.54, 1.807) is 51.3 Å². The number of para-hydroxylation sites is 1. The summed E-state index contributed by atoms with van der Waals surface area (Å²) >= 11 is 3.38. The summed E-state index contributed by atoms with van der Waals surface area (Å²) in [6, 6.07) is 13.9. The number of ether oxygens (including phenoxy) is 2. The van der Waals surface area contributed by atoms with Gasteiger partial charge in [0.05, 0.1) is 23.7 Å². The lowest BCUT2D eigenvalue weighted by molar-refractivity contribution is -0.128. The van der Waals surface area contributed by atoms with E-state index in [4.69, 9.17) is 9.47 Å². The van der Waals surface area contributed by atoms with Gasteiger partial charge in [0.2, 0.25) is 0 Å². The summed E-state index contributed by atoms with van der Waals surface area (Å²) in [5.74, 6) is 1.01. The topological polar surface area (TPSA) is 67.8 Å². The zero-order valence-electron chi connectivity index (χ0n) is 14.4. The molecular weight excluding hydrogens is 386 g/mol. The van der Waals surface area contributed by atoms with Crippen molar-refractivity contribution in [3.05, 3.63) is 58.6 Å². The molecule has 6 heteroatoms. The van der Waals surface area contributed by atoms with Gasteiger partial charge in [-0.2, -0.15) is 0 Å². The Morgan fingerprint density at radius 3 is 2.36 bits per heavy atom. The fourth-order valence-electron chi connectivity index (χ4n) is 2.29. The van der Waals surface area contributed by atoms with Crippen molar-refractivity contribution in [2.75, 3.05) is 7.11 Å². The molecule has 0 bridgehead atoms. The van der Waals surface area contributed by atoms with Gasteiger partial charge in [0.15, 0.2) is 6.10 Å². The lowest BCUT2D eigenvalue weighted by atomic mass is 10.0. The van der Waals surface area contributed by atoms with Crippen LogP contribution in [0.25, 0.3) is 0 Å². The molecule has 2 N–H and O–H groups in total. The quantitative estimate of drug-likeness (QED) is 0.737. The van der Waals surface area contributed by atoms with Crippen molar-refractivity contribution in [1.29, 1.82) is 0 Å². The second kappa shape index (κ2) is 8.87. The van der Waals surface area contributed by atoms with E-state index in [1.165, 1.54) is 0 Å². The van der Waals surface area contributed by atoms with E-state index < -0.39 is 18.2 Å². The van der Waals surface area contributed by atoms with Crippen LogP contribution in [0.2, 0.25) is 0 Å². The van der Waals surface area contributed by atoms with Crippen molar-refractivity contribution >= 4 is 21.8 Å². The smallest absolute Gasteiger partial charge is 0.261 e. The molecule has 5 nitrogen and oxygen atoms in total. The van der Waals surface area contributed by atoms with Crippen molar-refractivity contribution in [2.45, 2.75) is 32.1 Å². The molecule has 1 amide bonds. The molecule has 0 aliphatic heterocycles. The van der Waals surface area contributed by atoms with Crippen molar-refractivity contribution in [1.82, 2.24) is 5.32 Å². The minimum atomic E-state index is -0.828. The van der Waals surface area contributed by atoms with E-state index in [0.717, 1.165) is 4.47 Å². The Labute approximate surface area is 156 Å². The average Bonchev–Trinajstić information content (AvgIpc) is 2.62. The summed E-state index contributed by atoms with van der Waals surface area (Å²) in [7, 11) is 1.58. The highest BCUT2D eigenvalue weighted by Crippen LogP contribution is 2.25. The van der Waals surface area contributed by atoms with Crippen LogP contribution in [0.5, 0.6) is 11.5 Å². The third kappa shape index (κ3) is 5.21. The Morgan fingerprint density at radius 2 is 1.76 bits per heavy atom. The molecule has 0 saturated heterocycles. The molecule has 0 saturated carbocycles. The van der Waals surface area contributed by atoms with E-state index in [9.17, 15) is 9.90 Å². The largest absolute Gasteiger partial charge is 0.497 e. The van der Waals surface area contributed by atoms with Gasteiger partial charge in [-0.05, 0) is 59.6 Å². The number of carbonyl (C=O) groups is 1. The highest BCUT2D eigenvalue weighted by molar-refractivity contribution is 9.10. The van der Waals surface area contributed by atoms with Crippen molar-refractivity contribution in [3.8, 4) is 11.5 Å². The van der Waals surface area contributed by atoms with E-state index in [-0.39, 0.29) is 5.91 Å². The number of aliphatic hydroxyl groups excluding tert-OH is 1. The molecule has 0 radical (unpaired) electrons. The van der Waals surface area contributed by atoms with E-state index in [0.29, 0.717) is 17.1 Å². The van der Waals surface area contributed by atoms with Gasteiger partial charge in [0.25, 0.3) is 5.91 Å². The molecule has 0 heterocycles. The summed E-state index contributed by atoms with van der Waals surface area (Å²) < 4.78 is 11.5. The molecule has 2 rings (SSSR count). The predicted molar refractivity (Wildman–Crippen MR) is 99.8 cm³/mol. The molecule has 0 unspecified atom stereocenters. The van der Waals surface area contributed by atoms with Gasteiger partial charge in [0.1, 0.15) is 11.5 Å². The number of amides is 1. The zero-order chi connectivity index (χ0) is 18.4. The molecule has 0 aliphatic carbocycles. The minimum absolute atomic E-state index is 0.296. The summed E-state index contributed by atoms with van der Waals surface area (Å²) in [6.45, 7) is 3.42. The normalized spacial score (nSPS) is 14.3. The standard InChI is InChI=1S/C19H22BrNO4/c1-12(18(22)14-8-10-15(24-3)11-9-14)21-19(23)13(2)25-17-7-5-4-6-16(17)20/h4-13,18,22H,1-3H3,(H,21,23)/t12-,13-,18+/m0/s1. The fourth-order valence-corrected chi connectivity index (χ4v) is 2.67. The SMILES string of the molecule is COc1ccc([C@H](O)[C@H](C)NC(=O)[C@H](C)Oc2ccccc2Br)cc1. The number of carbonyl (C=O) groups excluding carboxylic acids is 1. The zero-order valence-corrected chi connectivity index (χ0v) is 16.0. The number of benzene rings is 2. The molecule has 0 aliphatic rings. The Balaban J connectivity index is 1.94. The van der Waals surface area contributed by atoms with Gasteiger partial charge in [-0.15, -0.1) is 0 Å². The third-order valence-corrected chi connectivity index (χ3v) is 4.47. The van der Waals surface area contributed by atoms with Crippen molar-refractivity contribution in [3.63, 3.8) is 0 Å². The lowest BCUT2D eigenvalue weighted by Gasteiger charge is -2.23. The first-order chi connectivity index (χ1) is 11.9. The maximum atomic E-state index is 12.3. The Bertz CT molecular complexity index is 705. The van der Waals surface area contributed by atoms with Crippen LogP contribution in [0.1, 0.15) is 25.5 Å². The molecule has 3 atom stereocenters. The average molecular weight is 408 g/mol. The highest BCUT2D eigenvalue weighted by Gasteiger charge is 2.22. The van der Waals surface area contributed by atoms with Gasteiger partial charge in [0, 0.05) is 0 Å². The van der Waals surface area contributed by atoms with Crippen LogP contribution in [0.3, 0.4) is 0 Å². The number of nitrogens with one attached hydrogen (secondary N) is 1. The molecule has 2 aromatic carbocycles. The second-order valence-electron chi connectivity index (χ2n) is 5.71. The molecule has 134 valence electrons. The summed E-state index contributed by atoms with van der Waals surface area (Å²) in [6.07, 6.45) is -1.52. The van der Waals surface area contributed by atoms with Gasteiger partial charge in [-0.1, -0.05) is 24.3 Å². The minimum Gasteiger partial charge on any atom is -0.497 e. The second-order valence-corrected chi connectivity index (χ2v) is 6.56. The van der Waals surface area contributed by atoms with Crippen LogP contribution in [-0.4, -0.2) is 30.3 Å². The number of rotatable bonds is 7. The summed E-state index contributed by atoms with van der Waals surface area (Å²) in [5.41, 5.74) is 0.702. The summed E-state index contributed by atoms with van der Waals surface area (Å²) in [4.78, 5) is 12.3. The van der Waals surface area contributed by atoms with E-state index >= 15 is 0 Å². The van der Waals surface area contributed by atoms with Crippen LogP contribution in [-0.2, 0) is 4.79 Å². The van der Waals surface area contributed by atoms with Crippen LogP contribution in [0.15, 0.2) is 53.0 Å². The lowest BCUT2D eigenvalue weighted by Crippen LogP contribution is -2.43. The maximum Gasteiger partial charge on any atom is 0.261 e. The highest BCUT2D eigenvalue weighted by atomic mass is 79.9. The molecular formula is C19H22BrNO4. The van der Waals surface area contributed by atoms with E-state index in [2.05, 4.69) is 21.2 Å². The monoisotopic (exact) mass is 407 g/mol. The number of halogens is 1. The molecule has 2 aromatic rings. The molecule has 25 heavy (non-hydrogen) atoms. The first-order valence-corrected chi connectivity index (χ1v) is 8.75. The molecule has 0 aromatic heterocycles. The number of aliphatic hydroxyl groups is 1. The third-order valence-electron chi connectivity index (χ3n) is 3.81. The Kier molecular flexibility index (Phi) is 6.84. The summed E-state index contributed by atoms with van der Waals surface area (Å²) in [5, 5.41) is 13.2. The Morgan fingerprint density at radius 1 is 1.12 bits per heavy atom. The maximum absolute atomic E-state index is 12.3. The van der Waals surface area contributed by atoms with Crippen LogP contribution >= 0.6 is 15.9 Å². The van der Waals surface area contributed by atoms with Crippen molar-refractivity contribution < 1.29 is 19.4 Å². The predicted octanol–water partition coefficient (Wildman–Crippen LogP) is 3.46. The van der Waals surface area contributed by atoms with Crippen LogP contribution < -0.4 is 14.8 Å². The van der Waals surface area contributed by atoms with Crippen LogP contribution in [0.4, 0.5) is 0 Å². The van der Waals surface area contributed by atoms with Crippen LogP contribution in [0, 0.1) is 0 Å². The Hall–Kier alpha value is -2.05. The molecule has 0 fully saturated rings. The number of methoxy groups -OCH3 is 1. The van der Waals surface area contributed by atoms with Crippen molar-refractivity contribution in [2.24, 2.45) is 0 Å². The first-order valence-electron chi connectivity index (χ1n) is 7.96. The first kappa shape index (κ1) is 19.3. The number of hydrogen-bond donors (Lipinski definition) is 2. The van der Waals surface area contributed by atoms with Gasteiger partial charge in [-0.3, -0.25) is 4.79 Å². The van der Waals surface area contributed by atoms with E-state index in [1.807, 2.05) is 18.2 Å². The molecule has 0 spiro atoms. The van der Waals surface area contributed by atoms with Gasteiger partial charge in [-0.25, -0.2) is 0 Å².